The Balaban J connectivity index is 0.000000867. The van der Waals surface area contributed by atoms with Gasteiger partial charge in [-0.3, -0.25) is 4.31 Å². The van der Waals surface area contributed by atoms with Crippen molar-refractivity contribution < 1.29 is 38.0 Å². The zero-order chi connectivity index (χ0) is 32.6. The Hall–Kier alpha value is -3.74. The predicted octanol–water partition coefficient (Wildman–Crippen LogP) is 5.67. The largest absolute Gasteiger partial charge is 0.508 e. The Bertz CT molecular complexity index is 1470. The lowest BCUT2D eigenvalue weighted by molar-refractivity contribution is -0.0980. The van der Waals surface area contributed by atoms with E-state index in [4.69, 9.17) is 15.0 Å². The molecule has 4 aromatic rings. The van der Waals surface area contributed by atoms with Crippen LogP contribution in [0.3, 0.4) is 0 Å². The standard InChI is InChI=1S/C21H19NO3S.C9H11FO.2CH4O.CH2O.H2S/c1-15-7-9-16(10-8-15)17-11-12-19(21(23)13-17)20-14-26(24,25)22(20)18-5-3-2-4-6-18;1-2-9(11)7-3-5-8(10)6-4-7;3*1-2;/h2-13,20,23H,14H2,1H3;3-6,9,11H,2H2,1H3;2*2H,1H3;1H2;1H2. The minimum atomic E-state index is -3.33. The van der Waals surface area contributed by atoms with Gasteiger partial charge in [0.2, 0.25) is 10.0 Å². The number of halogens is 1. The molecule has 0 amide bonds. The van der Waals surface area contributed by atoms with Gasteiger partial charge in [-0.05, 0) is 60.4 Å². The van der Waals surface area contributed by atoms with Gasteiger partial charge in [-0.25, -0.2) is 12.8 Å². The average molecular weight is 648 g/mol. The fourth-order valence-corrected chi connectivity index (χ4v) is 5.91. The molecule has 0 radical (unpaired) electrons. The highest BCUT2D eigenvalue weighted by atomic mass is 32.2. The summed E-state index contributed by atoms with van der Waals surface area (Å²) in [6.07, 6.45) is 0.196. The molecule has 5 rings (SSSR count). The molecule has 1 heterocycles. The Labute approximate surface area is 266 Å². The lowest BCUT2D eigenvalue weighted by Crippen LogP contribution is -2.50. The predicted molar refractivity (Wildman–Crippen MR) is 179 cm³/mol. The smallest absolute Gasteiger partial charge is 0.238 e. The average Bonchev–Trinajstić information content (AvgIpc) is 3.04. The number of phenolic OH excluding ortho intramolecular Hbond substituents is 1. The molecule has 2 atom stereocenters. The van der Waals surface area contributed by atoms with Crippen LogP contribution in [-0.4, -0.2) is 55.6 Å². The van der Waals surface area contributed by atoms with Gasteiger partial charge in [0.15, 0.2) is 0 Å². The van der Waals surface area contributed by atoms with E-state index in [1.807, 2.05) is 63.1 Å². The zero-order valence-electron chi connectivity index (χ0n) is 25.3. The maximum Gasteiger partial charge on any atom is 0.238 e. The highest BCUT2D eigenvalue weighted by Crippen LogP contribution is 2.43. The molecular formula is C33H42FNO7S2. The molecule has 1 aliphatic heterocycles. The maximum absolute atomic E-state index is 12.4. The third kappa shape index (κ3) is 10.8. The van der Waals surface area contributed by atoms with E-state index in [2.05, 4.69) is 0 Å². The molecule has 11 heteroatoms. The van der Waals surface area contributed by atoms with Gasteiger partial charge in [0.1, 0.15) is 18.4 Å². The normalized spacial score (nSPS) is 14.5. The molecule has 0 aromatic heterocycles. The van der Waals surface area contributed by atoms with Gasteiger partial charge in [0.05, 0.1) is 23.6 Å². The summed E-state index contributed by atoms with van der Waals surface area (Å²) in [6, 6.07) is 28.0. The molecular weight excluding hydrogens is 605 g/mol. The van der Waals surface area contributed by atoms with Gasteiger partial charge >= 0.3 is 0 Å². The fraction of sp³-hybridized carbons (Fsp3) is 0.242. The van der Waals surface area contributed by atoms with Crippen molar-refractivity contribution in [1.29, 1.82) is 0 Å². The van der Waals surface area contributed by atoms with Crippen LogP contribution in [0.4, 0.5) is 10.1 Å². The number of aryl methyl sites for hydroxylation is 1. The van der Waals surface area contributed by atoms with Crippen LogP contribution in [0.15, 0.2) is 97.1 Å². The third-order valence-electron chi connectivity index (χ3n) is 6.38. The number of phenols is 1. The second-order valence-electron chi connectivity index (χ2n) is 9.04. The number of hydrogen-bond donors (Lipinski definition) is 4. The van der Waals surface area contributed by atoms with Crippen molar-refractivity contribution in [3.63, 3.8) is 0 Å². The summed E-state index contributed by atoms with van der Waals surface area (Å²) < 4.78 is 38.3. The van der Waals surface area contributed by atoms with Crippen molar-refractivity contribution in [1.82, 2.24) is 0 Å². The van der Waals surface area contributed by atoms with Gasteiger partial charge in [0, 0.05) is 19.8 Å². The summed E-state index contributed by atoms with van der Waals surface area (Å²) in [7, 11) is -1.33. The summed E-state index contributed by atoms with van der Waals surface area (Å²) in [4.78, 5) is 8.00. The van der Waals surface area contributed by atoms with E-state index >= 15 is 0 Å². The Morgan fingerprint density at radius 3 is 1.86 bits per heavy atom. The summed E-state index contributed by atoms with van der Waals surface area (Å²) >= 11 is 0. The molecule has 0 bridgehead atoms. The molecule has 8 nitrogen and oxygen atoms in total. The summed E-state index contributed by atoms with van der Waals surface area (Å²) in [5.74, 6) is -0.153. The molecule has 240 valence electrons. The zero-order valence-corrected chi connectivity index (χ0v) is 27.1. The molecule has 1 aliphatic rings. The fourth-order valence-electron chi connectivity index (χ4n) is 4.26. The second kappa shape index (κ2) is 20.3. The van der Waals surface area contributed by atoms with Crippen molar-refractivity contribution in [2.75, 3.05) is 24.3 Å². The van der Waals surface area contributed by atoms with Gasteiger partial charge in [-0.2, -0.15) is 13.5 Å². The van der Waals surface area contributed by atoms with Crippen molar-refractivity contribution in [2.45, 2.75) is 32.4 Å². The van der Waals surface area contributed by atoms with Crippen LogP contribution in [0.5, 0.6) is 5.75 Å². The molecule has 4 N–H and O–H groups in total. The molecule has 2 unspecified atom stereocenters. The van der Waals surface area contributed by atoms with Crippen molar-refractivity contribution in [3.8, 4) is 16.9 Å². The summed E-state index contributed by atoms with van der Waals surface area (Å²) in [5.41, 5.74) is 5.10. The summed E-state index contributed by atoms with van der Waals surface area (Å²) in [5, 5.41) is 33.9. The quantitative estimate of drug-likeness (QED) is 0.219. The molecule has 0 aliphatic carbocycles. The van der Waals surface area contributed by atoms with Crippen LogP contribution in [0, 0.1) is 12.7 Å². The lowest BCUT2D eigenvalue weighted by Gasteiger charge is -2.41. The number of sulfonamides is 1. The topological polar surface area (TPSA) is 135 Å². The molecule has 1 fully saturated rings. The monoisotopic (exact) mass is 647 g/mol. The number of nitrogens with zero attached hydrogens (tertiary/aromatic N) is 1. The number of aromatic hydroxyl groups is 1. The molecule has 44 heavy (non-hydrogen) atoms. The van der Waals surface area contributed by atoms with Crippen molar-refractivity contribution in [3.05, 3.63) is 120 Å². The SMILES string of the molecule is C=O.CCC(O)c1ccc(F)cc1.CO.CO.Cc1ccc(-c2ccc(C3CS(=O)(=O)N3c3ccccc3)c(O)c2)cc1.S. The minimum Gasteiger partial charge on any atom is -0.508 e. The van der Waals surface area contributed by atoms with E-state index in [-0.39, 0.29) is 36.9 Å². The molecule has 4 aromatic carbocycles. The van der Waals surface area contributed by atoms with E-state index in [9.17, 15) is 23.0 Å². The summed E-state index contributed by atoms with van der Waals surface area (Å²) in [6.45, 7) is 5.91. The number of rotatable bonds is 5. The first-order valence-electron chi connectivity index (χ1n) is 13.3. The first-order valence-corrected chi connectivity index (χ1v) is 14.9. The van der Waals surface area contributed by atoms with Crippen LogP contribution in [0.2, 0.25) is 0 Å². The van der Waals surface area contributed by atoms with Crippen LogP contribution in [0.25, 0.3) is 11.1 Å². The van der Waals surface area contributed by atoms with Gasteiger partial charge < -0.3 is 25.2 Å². The first-order chi connectivity index (χ1) is 20.7. The Kier molecular flexibility index (Phi) is 18.5. The van der Waals surface area contributed by atoms with E-state index < -0.39 is 16.1 Å². The number of hydrogen-bond acceptors (Lipinski definition) is 7. The lowest BCUT2D eigenvalue weighted by atomic mass is 9.99. The van der Waals surface area contributed by atoms with Gasteiger partial charge in [-0.15, -0.1) is 0 Å². The van der Waals surface area contributed by atoms with Crippen LogP contribution in [-0.2, 0) is 14.8 Å². The van der Waals surface area contributed by atoms with E-state index in [1.54, 1.807) is 42.5 Å². The van der Waals surface area contributed by atoms with Crippen molar-refractivity contribution in [2.24, 2.45) is 0 Å². The number of carbonyl (C=O) groups is 1. The highest BCUT2D eigenvalue weighted by Gasteiger charge is 2.45. The minimum absolute atomic E-state index is 0. The van der Waals surface area contributed by atoms with Gasteiger partial charge in [0.25, 0.3) is 0 Å². The number of aliphatic hydroxyl groups is 3. The second-order valence-corrected chi connectivity index (χ2v) is 10.9. The third-order valence-corrected chi connectivity index (χ3v) is 8.18. The number of anilines is 1. The van der Waals surface area contributed by atoms with Gasteiger partial charge in [-0.1, -0.05) is 79.2 Å². The van der Waals surface area contributed by atoms with Crippen LogP contribution < -0.4 is 4.31 Å². The number of aliphatic hydroxyl groups excluding tert-OH is 3. The molecule has 0 saturated carbocycles. The van der Waals surface area contributed by atoms with Crippen molar-refractivity contribution >= 4 is 36.0 Å². The van der Waals surface area contributed by atoms with Crippen LogP contribution >= 0.6 is 13.5 Å². The van der Waals surface area contributed by atoms with E-state index in [0.29, 0.717) is 17.7 Å². The Morgan fingerprint density at radius 2 is 1.39 bits per heavy atom. The molecule has 1 saturated heterocycles. The number of benzene rings is 4. The number of carbonyl (C=O) groups excluding carboxylic acids is 1. The molecule has 0 spiro atoms. The van der Waals surface area contributed by atoms with E-state index in [0.717, 1.165) is 30.9 Å². The van der Waals surface area contributed by atoms with Crippen LogP contribution in [0.1, 0.15) is 42.2 Å². The highest BCUT2D eigenvalue weighted by molar-refractivity contribution is 7.94. The number of para-hydroxylation sites is 1. The van der Waals surface area contributed by atoms with E-state index in [1.165, 1.54) is 22.0 Å². The first kappa shape index (κ1) is 40.3. The maximum atomic E-state index is 12.4. The Morgan fingerprint density at radius 1 is 0.864 bits per heavy atom.